The fourth-order valence-electron chi connectivity index (χ4n) is 2.77. The van der Waals surface area contributed by atoms with Gasteiger partial charge in [0.1, 0.15) is 5.82 Å². The Morgan fingerprint density at radius 3 is 2.64 bits per heavy atom. The molecule has 0 spiro atoms. The predicted octanol–water partition coefficient (Wildman–Crippen LogP) is 2.68. The van der Waals surface area contributed by atoms with Crippen molar-refractivity contribution in [3.8, 4) is 11.1 Å². The van der Waals surface area contributed by atoms with Crippen molar-refractivity contribution in [2.75, 3.05) is 10.6 Å². The molecule has 0 aliphatic rings. The summed E-state index contributed by atoms with van der Waals surface area (Å²) in [6.45, 7) is 1.38. The number of hydrogen-bond donors (Lipinski definition) is 4. The second-order valence-corrected chi connectivity index (χ2v) is 6.36. The topological polar surface area (TPSA) is 113 Å². The summed E-state index contributed by atoms with van der Waals surface area (Å²) >= 11 is 0. The molecule has 2 amide bonds. The molecule has 0 fully saturated rings. The van der Waals surface area contributed by atoms with Gasteiger partial charge in [-0.05, 0) is 41.8 Å². The number of carbonyl (C=O) groups excluding carboxylic acids is 2. The number of nitrogens with one attached hydrogen (secondary N) is 3. The maximum Gasteiger partial charge on any atom is 0.241 e. The highest BCUT2D eigenvalue weighted by atomic mass is 19.1. The molecule has 0 radical (unpaired) electrons. The maximum absolute atomic E-state index is 13.3. The van der Waals surface area contributed by atoms with Gasteiger partial charge in [-0.2, -0.15) is 5.10 Å². The van der Waals surface area contributed by atoms with Crippen LogP contribution in [-0.4, -0.2) is 28.1 Å². The van der Waals surface area contributed by atoms with Gasteiger partial charge in [-0.25, -0.2) is 4.39 Å². The van der Waals surface area contributed by atoms with Crippen LogP contribution in [0.15, 0.2) is 54.9 Å². The van der Waals surface area contributed by atoms with Crippen molar-refractivity contribution in [3.05, 3.63) is 66.2 Å². The molecule has 1 atom stereocenters. The van der Waals surface area contributed by atoms with Gasteiger partial charge < -0.3 is 16.4 Å². The molecule has 7 nitrogen and oxygen atoms in total. The number of nitrogens with two attached hydrogens (primary N) is 1. The minimum absolute atomic E-state index is 0.187. The lowest BCUT2D eigenvalue weighted by Crippen LogP contribution is -2.37. The molecule has 2 aromatic carbocycles. The molecule has 3 aromatic rings. The Morgan fingerprint density at radius 2 is 1.96 bits per heavy atom. The summed E-state index contributed by atoms with van der Waals surface area (Å²) < 4.78 is 13.3. The first-order valence-corrected chi connectivity index (χ1v) is 8.64. The number of nitrogens with zero attached hydrogens (tertiary/aromatic N) is 1. The first-order valence-electron chi connectivity index (χ1n) is 8.64. The highest BCUT2D eigenvalue weighted by Gasteiger charge is 2.17. The van der Waals surface area contributed by atoms with Crippen molar-refractivity contribution in [2.45, 2.75) is 19.4 Å². The van der Waals surface area contributed by atoms with Gasteiger partial charge in [0.15, 0.2) is 0 Å². The Morgan fingerprint density at radius 1 is 1.14 bits per heavy atom. The van der Waals surface area contributed by atoms with Gasteiger partial charge >= 0.3 is 0 Å². The summed E-state index contributed by atoms with van der Waals surface area (Å²) in [7, 11) is 0. The number of H-pyrrole nitrogens is 1. The van der Waals surface area contributed by atoms with Gasteiger partial charge in [0.25, 0.3) is 0 Å². The number of carbonyl (C=O) groups is 2. The van der Waals surface area contributed by atoms with Crippen LogP contribution in [0.25, 0.3) is 11.1 Å². The first kappa shape index (κ1) is 19.2. The number of hydrogen-bond acceptors (Lipinski definition) is 4. The number of benzene rings is 2. The molecular formula is C20H20FN5O2. The number of aromatic amines is 1. The molecule has 0 saturated carbocycles. The molecule has 0 bridgehead atoms. The van der Waals surface area contributed by atoms with Crippen LogP contribution in [0.4, 0.5) is 15.8 Å². The highest BCUT2D eigenvalue weighted by molar-refractivity contribution is 6.01. The number of aromatic nitrogens is 2. The van der Waals surface area contributed by atoms with Crippen molar-refractivity contribution in [2.24, 2.45) is 5.73 Å². The van der Waals surface area contributed by atoms with Crippen LogP contribution in [0, 0.1) is 5.82 Å². The zero-order valence-corrected chi connectivity index (χ0v) is 15.2. The van der Waals surface area contributed by atoms with Crippen LogP contribution in [0.5, 0.6) is 0 Å². The molecule has 0 unspecified atom stereocenters. The van der Waals surface area contributed by atoms with Crippen LogP contribution in [0.3, 0.4) is 0 Å². The number of anilines is 2. The quantitative estimate of drug-likeness (QED) is 0.526. The second kappa shape index (κ2) is 8.45. The van der Waals surface area contributed by atoms with Crippen LogP contribution in [-0.2, 0) is 16.0 Å². The molecule has 0 aliphatic carbocycles. The Balaban J connectivity index is 1.77. The molecule has 5 N–H and O–H groups in total. The lowest BCUT2D eigenvalue weighted by Gasteiger charge is -2.16. The van der Waals surface area contributed by atoms with Crippen LogP contribution < -0.4 is 16.4 Å². The largest absolute Gasteiger partial charge is 0.325 e. The summed E-state index contributed by atoms with van der Waals surface area (Å²) in [5.74, 6) is -1.09. The van der Waals surface area contributed by atoms with E-state index in [1.54, 1.807) is 42.7 Å². The van der Waals surface area contributed by atoms with E-state index in [1.165, 1.54) is 19.1 Å². The average molecular weight is 381 g/mol. The van der Waals surface area contributed by atoms with Gasteiger partial charge in [0.2, 0.25) is 11.8 Å². The molecule has 1 heterocycles. The van der Waals surface area contributed by atoms with E-state index >= 15 is 0 Å². The van der Waals surface area contributed by atoms with Crippen LogP contribution in [0.1, 0.15) is 12.5 Å². The van der Waals surface area contributed by atoms with Crippen molar-refractivity contribution < 1.29 is 14.0 Å². The van der Waals surface area contributed by atoms with Gasteiger partial charge in [-0.1, -0.05) is 18.2 Å². The van der Waals surface area contributed by atoms with Crippen LogP contribution in [0.2, 0.25) is 0 Å². The van der Waals surface area contributed by atoms with Crippen molar-refractivity contribution in [1.29, 1.82) is 0 Å². The Bertz CT molecular complexity index is 988. The summed E-state index contributed by atoms with van der Waals surface area (Å²) in [5.41, 5.74) is 9.12. The Hall–Kier alpha value is -3.52. The van der Waals surface area contributed by atoms with Crippen LogP contribution >= 0.6 is 0 Å². The predicted molar refractivity (Wildman–Crippen MR) is 105 cm³/mol. The van der Waals surface area contributed by atoms with Gasteiger partial charge in [-0.3, -0.25) is 14.7 Å². The molecular weight excluding hydrogens is 361 g/mol. The van der Waals surface area contributed by atoms with E-state index in [-0.39, 0.29) is 18.1 Å². The molecule has 0 aliphatic heterocycles. The van der Waals surface area contributed by atoms with E-state index in [4.69, 9.17) is 5.73 Å². The number of halogens is 1. The number of rotatable bonds is 6. The first-order chi connectivity index (χ1) is 13.4. The third kappa shape index (κ3) is 4.80. The molecule has 28 heavy (non-hydrogen) atoms. The maximum atomic E-state index is 13.3. The van der Waals surface area contributed by atoms with E-state index in [0.29, 0.717) is 16.9 Å². The van der Waals surface area contributed by atoms with E-state index in [9.17, 15) is 14.0 Å². The molecule has 0 saturated heterocycles. The normalized spacial score (nSPS) is 11.7. The zero-order valence-electron chi connectivity index (χ0n) is 15.2. The van der Waals surface area contributed by atoms with E-state index in [1.807, 2.05) is 0 Å². The highest BCUT2D eigenvalue weighted by Crippen LogP contribution is 2.29. The lowest BCUT2D eigenvalue weighted by molar-refractivity contribution is -0.117. The minimum Gasteiger partial charge on any atom is -0.325 e. The van der Waals surface area contributed by atoms with Crippen molar-refractivity contribution >= 4 is 23.2 Å². The second-order valence-electron chi connectivity index (χ2n) is 6.36. The van der Waals surface area contributed by atoms with Gasteiger partial charge in [0.05, 0.1) is 23.6 Å². The minimum atomic E-state index is -0.875. The van der Waals surface area contributed by atoms with Gasteiger partial charge in [0, 0.05) is 18.7 Å². The Labute approximate surface area is 161 Å². The summed E-state index contributed by atoms with van der Waals surface area (Å²) in [6, 6.07) is 10.3. The summed E-state index contributed by atoms with van der Waals surface area (Å²) in [6.07, 6.45) is 3.56. The standard InChI is InChI=1S/C20H20FN5O2/c1-12(27)25-19-9-14(15-10-23-24-11-15)5-6-18(19)26-20(28)17(22)8-13-3-2-4-16(21)7-13/h2-7,9-11,17H,8,22H2,1H3,(H,23,24)(H,25,27)(H,26,28)/t17-/m1/s1. The third-order valence-corrected chi connectivity index (χ3v) is 4.10. The molecule has 1 aromatic heterocycles. The molecule has 144 valence electrons. The fraction of sp³-hybridized carbons (Fsp3) is 0.150. The van der Waals surface area contributed by atoms with Crippen molar-refractivity contribution in [1.82, 2.24) is 10.2 Å². The monoisotopic (exact) mass is 381 g/mol. The molecule has 3 rings (SSSR count). The average Bonchev–Trinajstić information content (AvgIpc) is 3.17. The molecule has 8 heteroatoms. The summed E-state index contributed by atoms with van der Waals surface area (Å²) in [4.78, 5) is 24.0. The lowest BCUT2D eigenvalue weighted by atomic mass is 10.0. The van der Waals surface area contributed by atoms with Crippen molar-refractivity contribution in [3.63, 3.8) is 0 Å². The summed E-state index contributed by atoms with van der Waals surface area (Å²) in [5, 5.41) is 12.1. The van der Waals surface area contributed by atoms with E-state index < -0.39 is 11.9 Å². The van der Waals surface area contributed by atoms with E-state index in [2.05, 4.69) is 20.8 Å². The number of amides is 2. The third-order valence-electron chi connectivity index (χ3n) is 4.10. The SMILES string of the molecule is CC(=O)Nc1cc(-c2cn[nH]c2)ccc1NC(=O)[C@H](N)Cc1cccc(F)c1. The fourth-order valence-corrected chi connectivity index (χ4v) is 2.77. The van der Waals surface area contributed by atoms with Gasteiger partial charge in [-0.15, -0.1) is 0 Å². The smallest absolute Gasteiger partial charge is 0.241 e. The Kier molecular flexibility index (Phi) is 5.81. The zero-order chi connectivity index (χ0) is 20.1. The van der Waals surface area contributed by atoms with E-state index in [0.717, 1.165) is 11.1 Å².